The number of hydroxylamine groups is 2. The fraction of sp³-hybridized carbons (Fsp3) is 0.846. The van der Waals surface area contributed by atoms with Crippen molar-refractivity contribution < 1.29 is 24.3 Å². The van der Waals surface area contributed by atoms with Gasteiger partial charge in [0.2, 0.25) is 6.41 Å². The number of aliphatic hydroxyl groups is 1. The van der Waals surface area contributed by atoms with Crippen LogP contribution in [0.1, 0.15) is 41.0 Å². The van der Waals surface area contributed by atoms with Gasteiger partial charge in [-0.25, -0.2) is 9.86 Å². The van der Waals surface area contributed by atoms with Crippen molar-refractivity contribution in [2.75, 3.05) is 0 Å². The molecule has 1 saturated heterocycles. The fourth-order valence-corrected chi connectivity index (χ4v) is 2.02. The third kappa shape index (κ3) is 5.49. The highest BCUT2D eigenvalue weighted by Gasteiger charge is 2.39. The second kappa shape index (κ2) is 7.06. The van der Waals surface area contributed by atoms with E-state index in [1.807, 2.05) is 13.8 Å². The maximum atomic E-state index is 11.3. The monoisotopic (exact) mass is 303 g/mol. The summed E-state index contributed by atoms with van der Waals surface area (Å²) in [5.74, 6) is 0.209. The minimum Gasteiger partial charge on any atom is -0.425 e. The first kappa shape index (κ1) is 17.7. The van der Waals surface area contributed by atoms with E-state index in [0.717, 1.165) is 5.06 Å². The standard InChI is InChI=1S/C13H25N3O5/c1-8(2)6-9(16(7-17)21-13(3,4)5)10(18)11-14-15-12(19)20-11/h7-11,14,18H,6H2,1-5H3,(H,15,19)/t9-,10?,11?/m0/s1. The number of nitrogens with zero attached hydrogens (tertiary/aromatic N) is 1. The number of amides is 2. The lowest BCUT2D eigenvalue weighted by Crippen LogP contribution is -2.54. The van der Waals surface area contributed by atoms with Crippen molar-refractivity contribution in [3.8, 4) is 0 Å². The van der Waals surface area contributed by atoms with Crippen LogP contribution in [-0.2, 0) is 14.4 Å². The Labute approximate surface area is 124 Å². The van der Waals surface area contributed by atoms with Crippen molar-refractivity contribution in [2.24, 2.45) is 5.92 Å². The first-order chi connectivity index (χ1) is 9.64. The van der Waals surface area contributed by atoms with E-state index >= 15 is 0 Å². The van der Waals surface area contributed by atoms with E-state index in [1.54, 1.807) is 20.8 Å². The third-order valence-electron chi connectivity index (χ3n) is 2.78. The van der Waals surface area contributed by atoms with Crippen LogP contribution < -0.4 is 10.9 Å². The maximum absolute atomic E-state index is 11.3. The summed E-state index contributed by atoms with van der Waals surface area (Å²) in [5, 5.41) is 11.5. The van der Waals surface area contributed by atoms with Gasteiger partial charge in [0.1, 0.15) is 6.10 Å². The third-order valence-corrected chi connectivity index (χ3v) is 2.78. The molecule has 21 heavy (non-hydrogen) atoms. The van der Waals surface area contributed by atoms with Crippen LogP contribution in [0.15, 0.2) is 0 Å². The first-order valence-electron chi connectivity index (χ1n) is 6.97. The zero-order chi connectivity index (χ0) is 16.2. The van der Waals surface area contributed by atoms with Crippen molar-refractivity contribution in [3.05, 3.63) is 0 Å². The molecule has 0 bridgehead atoms. The van der Waals surface area contributed by atoms with Crippen LogP contribution in [0.2, 0.25) is 0 Å². The fourth-order valence-electron chi connectivity index (χ4n) is 2.02. The van der Waals surface area contributed by atoms with Gasteiger partial charge in [0, 0.05) is 0 Å². The zero-order valence-electron chi connectivity index (χ0n) is 13.1. The molecule has 1 rings (SSSR count). The predicted molar refractivity (Wildman–Crippen MR) is 74.5 cm³/mol. The van der Waals surface area contributed by atoms with Gasteiger partial charge >= 0.3 is 6.09 Å². The number of rotatable bonds is 7. The Hall–Kier alpha value is -1.38. The molecular formula is C13H25N3O5. The lowest BCUT2D eigenvalue weighted by atomic mass is 9.98. The highest BCUT2D eigenvalue weighted by Crippen LogP contribution is 2.21. The largest absolute Gasteiger partial charge is 0.425 e. The van der Waals surface area contributed by atoms with Crippen molar-refractivity contribution in [1.82, 2.24) is 15.9 Å². The summed E-state index contributed by atoms with van der Waals surface area (Å²) in [7, 11) is 0. The van der Waals surface area contributed by atoms with Gasteiger partial charge in [-0.15, -0.1) is 0 Å². The predicted octanol–water partition coefficient (Wildman–Crippen LogP) is 0.521. The number of carbonyl (C=O) groups is 2. The van der Waals surface area contributed by atoms with Crippen LogP contribution in [0.5, 0.6) is 0 Å². The summed E-state index contributed by atoms with van der Waals surface area (Å²) < 4.78 is 4.90. The molecular weight excluding hydrogens is 278 g/mol. The molecule has 0 aromatic rings. The van der Waals surface area contributed by atoms with Crippen LogP contribution in [0.3, 0.4) is 0 Å². The molecule has 1 fully saturated rings. The average Bonchev–Trinajstić information content (AvgIpc) is 2.78. The number of nitrogens with one attached hydrogen (secondary N) is 2. The van der Waals surface area contributed by atoms with Gasteiger partial charge in [-0.2, -0.15) is 5.43 Å². The second-order valence-electron chi connectivity index (χ2n) is 6.45. The van der Waals surface area contributed by atoms with Gasteiger partial charge in [-0.05, 0) is 33.1 Å². The van der Waals surface area contributed by atoms with Crippen molar-refractivity contribution >= 4 is 12.5 Å². The van der Waals surface area contributed by atoms with E-state index in [2.05, 4.69) is 10.9 Å². The Morgan fingerprint density at radius 2 is 2.10 bits per heavy atom. The first-order valence-corrected chi connectivity index (χ1v) is 6.97. The van der Waals surface area contributed by atoms with Gasteiger partial charge in [0.15, 0.2) is 6.23 Å². The number of hydrogen-bond acceptors (Lipinski definition) is 6. The summed E-state index contributed by atoms with van der Waals surface area (Å²) in [6.45, 7) is 9.34. The van der Waals surface area contributed by atoms with Gasteiger partial charge < -0.3 is 9.84 Å². The number of cyclic esters (lactones) is 1. The van der Waals surface area contributed by atoms with Crippen molar-refractivity contribution in [3.63, 3.8) is 0 Å². The molecule has 122 valence electrons. The molecule has 8 heteroatoms. The molecule has 1 heterocycles. The molecule has 2 unspecified atom stereocenters. The van der Waals surface area contributed by atoms with E-state index in [1.165, 1.54) is 0 Å². The molecule has 0 saturated carbocycles. The quantitative estimate of drug-likeness (QED) is 0.468. The van der Waals surface area contributed by atoms with E-state index in [4.69, 9.17) is 9.57 Å². The average molecular weight is 303 g/mol. The molecule has 8 nitrogen and oxygen atoms in total. The number of hydrogen-bond donors (Lipinski definition) is 3. The molecule has 3 atom stereocenters. The number of aliphatic hydroxyl groups excluding tert-OH is 1. The number of ether oxygens (including phenoxy) is 1. The maximum Gasteiger partial charge on any atom is 0.423 e. The normalized spacial score (nSPS) is 21.7. The van der Waals surface area contributed by atoms with E-state index < -0.39 is 30.1 Å². The summed E-state index contributed by atoms with van der Waals surface area (Å²) >= 11 is 0. The molecule has 0 radical (unpaired) electrons. The second-order valence-corrected chi connectivity index (χ2v) is 6.45. The Balaban J connectivity index is 2.86. The van der Waals surface area contributed by atoms with E-state index in [-0.39, 0.29) is 5.92 Å². The van der Waals surface area contributed by atoms with Crippen LogP contribution >= 0.6 is 0 Å². The number of carbonyl (C=O) groups excluding carboxylic acids is 2. The Kier molecular flexibility index (Phi) is 5.94. The summed E-state index contributed by atoms with van der Waals surface area (Å²) in [6, 6.07) is -0.646. The minimum atomic E-state index is -1.13. The number of hydrazine groups is 1. The summed E-state index contributed by atoms with van der Waals surface area (Å²) in [4.78, 5) is 28.0. The molecule has 0 spiro atoms. The van der Waals surface area contributed by atoms with Crippen LogP contribution in [-0.4, -0.2) is 46.6 Å². The van der Waals surface area contributed by atoms with Gasteiger partial charge in [0.05, 0.1) is 11.6 Å². The van der Waals surface area contributed by atoms with Crippen molar-refractivity contribution in [1.29, 1.82) is 0 Å². The molecule has 1 aliphatic rings. The highest BCUT2D eigenvalue weighted by atomic mass is 16.7. The van der Waals surface area contributed by atoms with E-state index in [9.17, 15) is 14.7 Å². The molecule has 1 aliphatic heterocycles. The smallest absolute Gasteiger partial charge is 0.423 e. The Morgan fingerprint density at radius 1 is 1.48 bits per heavy atom. The summed E-state index contributed by atoms with van der Waals surface area (Å²) in [6.07, 6.45) is -1.71. The van der Waals surface area contributed by atoms with E-state index in [0.29, 0.717) is 12.8 Å². The Morgan fingerprint density at radius 3 is 2.48 bits per heavy atom. The summed E-state index contributed by atoms with van der Waals surface area (Å²) in [5.41, 5.74) is 4.19. The molecule has 0 aliphatic carbocycles. The molecule has 2 amide bonds. The van der Waals surface area contributed by atoms with Gasteiger partial charge in [-0.1, -0.05) is 13.8 Å². The minimum absolute atomic E-state index is 0.209. The topological polar surface area (TPSA) is 100 Å². The van der Waals surface area contributed by atoms with Gasteiger partial charge in [0.25, 0.3) is 0 Å². The van der Waals surface area contributed by atoms with Crippen molar-refractivity contribution in [2.45, 2.75) is 65.0 Å². The lowest BCUT2D eigenvalue weighted by molar-refractivity contribution is -0.249. The van der Waals surface area contributed by atoms with Crippen LogP contribution in [0.4, 0.5) is 4.79 Å². The van der Waals surface area contributed by atoms with Crippen LogP contribution in [0.25, 0.3) is 0 Å². The molecule has 0 aromatic heterocycles. The molecule has 0 aromatic carbocycles. The van der Waals surface area contributed by atoms with Gasteiger partial charge in [-0.3, -0.25) is 15.1 Å². The Bertz CT molecular complexity index is 369. The highest BCUT2D eigenvalue weighted by molar-refractivity contribution is 5.68. The lowest BCUT2D eigenvalue weighted by Gasteiger charge is -2.37. The molecule has 3 N–H and O–H groups in total. The van der Waals surface area contributed by atoms with Crippen LogP contribution in [0, 0.1) is 5.92 Å². The SMILES string of the molecule is CC(C)C[C@@H](C(O)C1NNC(=O)O1)N(C=O)OC(C)(C)C. The zero-order valence-corrected chi connectivity index (χ0v) is 13.1.